The van der Waals surface area contributed by atoms with Crippen molar-refractivity contribution < 1.29 is 29.0 Å². The number of amides is 1. The van der Waals surface area contributed by atoms with Crippen molar-refractivity contribution in [1.29, 1.82) is 0 Å². The van der Waals surface area contributed by atoms with Crippen LogP contribution in [0.3, 0.4) is 0 Å². The van der Waals surface area contributed by atoms with Gasteiger partial charge in [-0.1, -0.05) is 42.5 Å². The summed E-state index contributed by atoms with van der Waals surface area (Å²) in [4.78, 5) is 39.5. The van der Waals surface area contributed by atoms with E-state index < -0.39 is 23.7 Å². The fourth-order valence-electron chi connectivity index (χ4n) is 3.99. The van der Waals surface area contributed by atoms with Crippen molar-refractivity contribution in [1.82, 2.24) is 4.90 Å². The number of likely N-dealkylation sites (tertiary alicyclic amines) is 1. The van der Waals surface area contributed by atoms with Crippen molar-refractivity contribution in [3.05, 3.63) is 107 Å². The van der Waals surface area contributed by atoms with Gasteiger partial charge in [-0.2, -0.15) is 0 Å². The molecule has 1 fully saturated rings. The molecule has 34 heavy (non-hydrogen) atoms. The maximum Gasteiger partial charge on any atom is 0.337 e. The number of benzene rings is 3. The van der Waals surface area contributed by atoms with Gasteiger partial charge in [0.15, 0.2) is 0 Å². The van der Waals surface area contributed by atoms with E-state index in [0.717, 1.165) is 5.56 Å². The van der Waals surface area contributed by atoms with Crippen LogP contribution in [0.25, 0.3) is 5.76 Å². The number of methoxy groups -OCH3 is 2. The van der Waals surface area contributed by atoms with E-state index in [1.165, 1.54) is 19.1 Å². The Hall–Kier alpha value is -4.39. The molecular formula is C27H23NO6. The zero-order valence-corrected chi connectivity index (χ0v) is 18.7. The van der Waals surface area contributed by atoms with Gasteiger partial charge in [-0.15, -0.1) is 0 Å². The van der Waals surface area contributed by atoms with Gasteiger partial charge in [-0.3, -0.25) is 9.59 Å². The number of aliphatic hydroxyl groups is 1. The second-order valence-electron chi connectivity index (χ2n) is 7.75. The van der Waals surface area contributed by atoms with E-state index in [1.807, 2.05) is 30.3 Å². The summed E-state index contributed by atoms with van der Waals surface area (Å²) in [6.07, 6.45) is 0. The van der Waals surface area contributed by atoms with Crippen molar-refractivity contribution >= 4 is 23.4 Å². The van der Waals surface area contributed by atoms with Crippen LogP contribution in [-0.4, -0.2) is 41.9 Å². The molecule has 0 radical (unpaired) electrons. The molecule has 0 spiro atoms. The molecule has 1 atom stereocenters. The number of Topliss-reactive ketones (excluding diaryl/α,β-unsaturated/α-hetero) is 1. The molecule has 1 heterocycles. The summed E-state index contributed by atoms with van der Waals surface area (Å²) in [6, 6.07) is 21.5. The van der Waals surface area contributed by atoms with Crippen molar-refractivity contribution in [2.75, 3.05) is 14.2 Å². The fourth-order valence-corrected chi connectivity index (χ4v) is 3.99. The third kappa shape index (κ3) is 4.28. The first-order valence-corrected chi connectivity index (χ1v) is 10.6. The topological polar surface area (TPSA) is 93.1 Å². The molecule has 4 rings (SSSR count). The van der Waals surface area contributed by atoms with E-state index in [0.29, 0.717) is 22.4 Å². The first kappa shape index (κ1) is 22.8. The lowest BCUT2D eigenvalue weighted by Crippen LogP contribution is -2.29. The molecule has 7 nitrogen and oxygen atoms in total. The summed E-state index contributed by atoms with van der Waals surface area (Å²) in [6.45, 7) is 0.175. The van der Waals surface area contributed by atoms with Crippen LogP contribution in [0.4, 0.5) is 0 Å². The number of aliphatic hydroxyl groups excluding tert-OH is 1. The molecule has 172 valence electrons. The highest BCUT2D eigenvalue weighted by molar-refractivity contribution is 6.46. The quantitative estimate of drug-likeness (QED) is 0.259. The predicted molar refractivity (Wildman–Crippen MR) is 125 cm³/mol. The molecular weight excluding hydrogens is 434 g/mol. The fraction of sp³-hybridized carbons (Fsp3) is 0.148. The first-order chi connectivity index (χ1) is 16.4. The Morgan fingerprint density at radius 1 is 0.882 bits per heavy atom. The highest BCUT2D eigenvalue weighted by atomic mass is 16.5. The Balaban J connectivity index is 1.83. The van der Waals surface area contributed by atoms with Crippen molar-refractivity contribution in [3.63, 3.8) is 0 Å². The first-order valence-electron chi connectivity index (χ1n) is 10.6. The second kappa shape index (κ2) is 9.62. The Morgan fingerprint density at radius 2 is 1.50 bits per heavy atom. The summed E-state index contributed by atoms with van der Waals surface area (Å²) < 4.78 is 9.92. The smallest absolute Gasteiger partial charge is 0.337 e. The van der Waals surface area contributed by atoms with Crippen LogP contribution in [0.1, 0.15) is 33.1 Å². The summed E-state index contributed by atoms with van der Waals surface area (Å²) in [7, 11) is 2.82. The molecule has 0 bridgehead atoms. The zero-order valence-electron chi connectivity index (χ0n) is 18.7. The Kier molecular flexibility index (Phi) is 6.45. The number of hydrogen-bond acceptors (Lipinski definition) is 6. The third-order valence-electron chi connectivity index (χ3n) is 5.75. The molecule has 3 aromatic rings. The molecule has 1 aliphatic heterocycles. The van der Waals surface area contributed by atoms with Gasteiger partial charge >= 0.3 is 5.97 Å². The van der Waals surface area contributed by atoms with Crippen LogP contribution < -0.4 is 4.74 Å². The molecule has 0 saturated carbocycles. The van der Waals surface area contributed by atoms with Crippen LogP contribution in [0, 0.1) is 0 Å². The molecule has 3 aromatic carbocycles. The minimum atomic E-state index is -0.839. The van der Waals surface area contributed by atoms with Crippen LogP contribution in [0.15, 0.2) is 84.4 Å². The molecule has 1 aliphatic rings. The number of ketones is 1. The Labute approximate surface area is 196 Å². The third-order valence-corrected chi connectivity index (χ3v) is 5.75. The lowest BCUT2D eigenvalue weighted by molar-refractivity contribution is -0.140. The summed E-state index contributed by atoms with van der Waals surface area (Å²) in [5.41, 5.74) is 2.12. The van der Waals surface area contributed by atoms with Crippen LogP contribution in [0.2, 0.25) is 0 Å². The van der Waals surface area contributed by atoms with Gasteiger partial charge in [0.25, 0.3) is 11.7 Å². The number of carbonyl (C=O) groups is 3. The lowest BCUT2D eigenvalue weighted by atomic mass is 9.94. The largest absolute Gasteiger partial charge is 0.507 e. The maximum atomic E-state index is 13.1. The number of carbonyl (C=O) groups excluding carboxylic acids is 3. The molecule has 1 saturated heterocycles. The zero-order chi connectivity index (χ0) is 24.2. The minimum Gasteiger partial charge on any atom is -0.507 e. The van der Waals surface area contributed by atoms with Crippen LogP contribution in [-0.2, 0) is 20.9 Å². The van der Waals surface area contributed by atoms with E-state index in [-0.39, 0.29) is 17.9 Å². The van der Waals surface area contributed by atoms with E-state index >= 15 is 0 Å². The van der Waals surface area contributed by atoms with Crippen molar-refractivity contribution in [2.45, 2.75) is 12.6 Å². The molecule has 1 amide bonds. The number of nitrogens with zero attached hydrogens (tertiary/aromatic N) is 1. The molecule has 7 heteroatoms. The van der Waals surface area contributed by atoms with Gasteiger partial charge < -0.3 is 19.5 Å². The van der Waals surface area contributed by atoms with Gasteiger partial charge in [0.1, 0.15) is 11.5 Å². The SMILES string of the molecule is COC(=O)c1ccc(C2C(=C(O)c3ccc(OC)cc3)C(=O)C(=O)N2Cc2ccccc2)cc1. The number of hydrogen-bond donors (Lipinski definition) is 1. The lowest BCUT2D eigenvalue weighted by Gasteiger charge is -2.25. The van der Waals surface area contributed by atoms with Crippen molar-refractivity contribution in [3.8, 4) is 5.75 Å². The number of ether oxygens (including phenoxy) is 2. The monoisotopic (exact) mass is 457 g/mol. The van der Waals surface area contributed by atoms with E-state index in [4.69, 9.17) is 9.47 Å². The Bertz CT molecular complexity index is 1250. The van der Waals surface area contributed by atoms with E-state index in [1.54, 1.807) is 48.5 Å². The second-order valence-corrected chi connectivity index (χ2v) is 7.75. The predicted octanol–water partition coefficient (Wildman–Crippen LogP) is 4.10. The Morgan fingerprint density at radius 3 is 2.09 bits per heavy atom. The highest BCUT2D eigenvalue weighted by Gasteiger charge is 2.46. The highest BCUT2D eigenvalue weighted by Crippen LogP contribution is 2.40. The summed E-state index contributed by atoms with van der Waals surface area (Å²) in [5, 5.41) is 11.1. The normalized spacial score (nSPS) is 17.0. The van der Waals surface area contributed by atoms with Gasteiger partial charge in [-0.05, 0) is 47.5 Å². The van der Waals surface area contributed by atoms with Crippen molar-refractivity contribution in [2.24, 2.45) is 0 Å². The van der Waals surface area contributed by atoms with E-state index in [9.17, 15) is 19.5 Å². The number of rotatable bonds is 6. The van der Waals surface area contributed by atoms with Gasteiger partial charge in [0.05, 0.1) is 31.4 Å². The van der Waals surface area contributed by atoms with Gasteiger partial charge in [0.2, 0.25) is 0 Å². The summed E-state index contributed by atoms with van der Waals surface area (Å²) in [5.74, 6) is -1.66. The standard InChI is InChI=1S/C27H23NO6/c1-33-21-14-12-19(13-15-21)24(29)22-23(18-8-10-20(11-9-18)27(32)34-2)28(26(31)25(22)30)16-17-6-4-3-5-7-17/h3-15,23,29H,16H2,1-2H3. The molecule has 1 unspecified atom stereocenters. The van der Waals surface area contributed by atoms with Gasteiger partial charge in [0, 0.05) is 12.1 Å². The molecule has 0 aliphatic carbocycles. The summed E-state index contributed by atoms with van der Waals surface area (Å²) >= 11 is 0. The maximum absolute atomic E-state index is 13.1. The minimum absolute atomic E-state index is 0.0167. The van der Waals surface area contributed by atoms with Crippen LogP contribution >= 0.6 is 0 Å². The average Bonchev–Trinajstić information content (AvgIpc) is 3.13. The molecule has 1 N–H and O–H groups in total. The van der Waals surface area contributed by atoms with E-state index in [2.05, 4.69) is 0 Å². The number of esters is 1. The average molecular weight is 457 g/mol. The van der Waals surface area contributed by atoms with Crippen LogP contribution in [0.5, 0.6) is 5.75 Å². The molecule has 0 aromatic heterocycles. The van der Waals surface area contributed by atoms with Gasteiger partial charge in [-0.25, -0.2) is 4.79 Å².